The molecule has 7 heteroatoms. The Labute approximate surface area is 134 Å². The third-order valence-electron chi connectivity index (χ3n) is 2.59. The Bertz CT molecular complexity index is 553. The maximum absolute atomic E-state index is 11.8. The molecule has 1 rings (SSSR count). The van der Waals surface area contributed by atoms with Gasteiger partial charge in [0.2, 0.25) is 0 Å². The number of ether oxygens (including phenoxy) is 2. The highest BCUT2D eigenvalue weighted by atomic mass is 35.5. The van der Waals surface area contributed by atoms with E-state index >= 15 is 0 Å². The van der Waals surface area contributed by atoms with E-state index in [0.717, 1.165) is 0 Å². The molecule has 0 saturated carbocycles. The van der Waals surface area contributed by atoms with Gasteiger partial charge in [0.1, 0.15) is 5.60 Å². The summed E-state index contributed by atoms with van der Waals surface area (Å²) >= 11 is 5.91. The SMILES string of the molecule is COC(=O)C(O)Cc1cc(Cl)ccc1NC(=O)OC(C)(C)C. The first-order valence-electron chi connectivity index (χ1n) is 6.66. The Morgan fingerprint density at radius 1 is 1.36 bits per heavy atom. The first-order chi connectivity index (χ1) is 10.1. The van der Waals surface area contributed by atoms with Crippen LogP contribution in [0, 0.1) is 0 Å². The molecule has 0 saturated heterocycles. The second-order valence-electron chi connectivity index (χ2n) is 5.67. The van der Waals surface area contributed by atoms with E-state index in [4.69, 9.17) is 16.3 Å². The molecule has 2 N–H and O–H groups in total. The van der Waals surface area contributed by atoms with E-state index in [2.05, 4.69) is 10.1 Å². The molecule has 1 unspecified atom stereocenters. The largest absolute Gasteiger partial charge is 0.467 e. The van der Waals surface area contributed by atoms with E-state index in [0.29, 0.717) is 16.3 Å². The van der Waals surface area contributed by atoms with Gasteiger partial charge in [0, 0.05) is 17.1 Å². The summed E-state index contributed by atoms with van der Waals surface area (Å²) in [6, 6.07) is 4.72. The van der Waals surface area contributed by atoms with Crippen LogP contribution in [0.3, 0.4) is 0 Å². The minimum absolute atomic E-state index is 0.0433. The molecule has 1 atom stereocenters. The van der Waals surface area contributed by atoms with E-state index in [9.17, 15) is 14.7 Å². The number of halogens is 1. The van der Waals surface area contributed by atoms with Crippen LogP contribution in [0.1, 0.15) is 26.3 Å². The van der Waals surface area contributed by atoms with Gasteiger partial charge in [0.25, 0.3) is 0 Å². The predicted octanol–water partition coefficient (Wildman–Crippen LogP) is 2.76. The van der Waals surface area contributed by atoms with E-state index in [-0.39, 0.29) is 6.42 Å². The summed E-state index contributed by atoms with van der Waals surface area (Å²) in [6.07, 6.45) is -2.02. The van der Waals surface area contributed by atoms with Gasteiger partial charge in [-0.1, -0.05) is 11.6 Å². The maximum Gasteiger partial charge on any atom is 0.412 e. The highest BCUT2D eigenvalue weighted by Crippen LogP contribution is 2.23. The van der Waals surface area contributed by atoms with Crippen molar-refractivity contribution < 1.29 is 24.2 Å². The molecule has 1 amide bonds. The number of aliphatic hydroxyl groups is 1. The fourth-order valence-electron chi connectivity index (χ4n) is 1.69. The van der Waals surface area contributed by atoms with E-state index in [1.807, 2.05) is 0 Å². The monoisotopic (exact) mass is 329 g/mol. The van der Waals surface area contributed by atoms with Crippen molar-refractivity contribution in [1.29, 1.82) is 0 Å². The first kappa shape index (κ1) is 18.3. The molecule has 22 heavy (non-hydrogen) atoms. The Morgan fingerprint density at radius 2 is 2.00 bits per heavy atom. The van der Waals surface area contributed by atoms with Gasteiger partial charge in [-0.2, -0.15) is 0 Å². The van der Waals surface area contributed by atoms with Crippen molar-refractivity contribution in [3.8, 4) is 0 Å². The lowest BCUT2D eigenvalue weighted by Gasteiger charge is -2.21. The number of methoxy groups -OCH3 is 1. The van der Waals surface area contributed by atoms with Crippen LogP contribution in [0.25, 0.3) is 0 Å². The van der Waals surface area contributed by atoms with Gasteiger partial charge in [-0.05, 0) is 44.5 Å². The number of esters is 1. The summed E-state index contributed by atoms with van der Waals surface area (Å²) in [5.74, 6) is -0.761. The maximum atomic E-state index is 11.8. The molecule has 0 aromatic heterocycles. The van der Waals surface area contributed by atoms with E-state index < -0.39 is 23.8 Å². The van der Waals surface area contributed by atoms with Gasteiger partial charge in [-0.3, -0.25) is 5.32 Å². The number of carbonyl (C=O) groups excluding carboxylic acids is 2. The third-order valence-corrected chi connectivity index (χ3v) is 2.82. The zero-order valence-corrected chi connectivity index (χ0v) is 13.7. The molecular weight excluding hydrogens is 310 g/mol. The zero-order chi connectivity index (χ0) is 16.9. The molecule has 0 aliphatic rings. The lowest BCUT2D eigenvalue weighted by Crippen LogP contribution is -2.28. The lowest BCUT2D eigenvalue weighted by molar-refractivity contribution is -0.150. The van der Waals surface area contributed by atoms with Gasteiger partial charge in [0.15, 0.2) is 6.10 Å². The van der Waals surface area contributed by atoms with Crippen LogP contribution < -0.4 is 5.32 Å². The highest BCUT2D eigenvalue weighted by molar-refractivity contribution is 6.30. The molecule has 0 aliphatic heterocycles. The number of hydrogen-bond acceptors (Lipinski definition) is 5. The Hall–Kier alpha value is -1.79. The van der Waals surface area contributed by atoms with Crippen LogP contribution in [0.15, 0.2) is 18.2 Å². The molecule has 0 radical (unpaired) electrons. The molecule has 0 bridgehead atoms. The Morgan fingerprint density at radius 3 is 2.55 bits per heavy atom. The summed E-state index contributed by atoms with van der Waals surface area (Å²) in [4.78, 5) is 23.1. The summed E-state index contributed by atoms with van der Waals surface area (Å²) < 4.78 is 9.63. The normalized spacial score (nSPS) is 12.5. The molecule has 122 valence electrons. The van der Waals surface area contributed by atoms with Gasteiger partial charge in [0.05, 0.1) is 7.11 Å². The van der Waals surface area contributed by atoms with Crippen molar-refractivity contribution in [2.45, 2.75) is 38.9 Å². The summed E-state index contributed by atoms with van der Waals surface area (Å²) in [5, 5.41) is 12.7. The van der Waals surface area contributed by atoms with Crippen LogP contribution in [0.5, 0.6) is 0 Å². The lowest BCUT2D eigenvalue weighted by atomic mass is 10.1. The minimum atomic E-state index is -1.34. The van der Waals surface area contributed by atoms with Crippen LogP contribution in [-0.2, 0) is 20.7 Å². The number of amides is 1. The minimum Gasteiger partial charge on any atom is -0.467 e. The molecule has 1 aromatic carbocycles. The van der Waals surface area contributed by atoms with Crippen molar-refractivity contribution >= 4 is 29.4 Å². The molecule has 6 nitrogen and oxygen atoms in total. The van der Waals surface area contributed by atoms with Gasteiger partial charge < -0.3 is 14.6 Å². The smallest absolute Gasteiger partial charge is 0.412 e. The predicted molar refractivity (Wildman–Crippen MR) is 83.0 cm³/mol. The van der Waals surface area contributed by atoms with Crippen molar-refractivity contribution in [3.63, 3.8) is 0 Å². The topological polar surface area (TPSA) is 84.9 Å². The van der Waals surface area contributed by atoms with Crippen LogP contribution in [0.2, 0.25) is 5.02 Å². The quantitative estimate of drug-likeness (QED) is 0.830. The fourth-order valence-corrected chi connectivity index (χ4v) is 1.89. The van der Waals surface area contributed by atoms with Crippen molar-refractivity contribution in [2.24, 2.45) is 0 Å². The van der Waals surface area contributed by atoms with Crippen LogP contribution in [-0.4, -0.2) is 36.0 Å². The first-order valence-corrected chi connectivity index (χ1v) is 7.04. The van der Waals surface area contributed by atoms with Crippen molar-refractivity contribution in [2.75, 3.05) is 12.4 Å². The Kier molecular flexibility index (Phi) is 6.20. The fraction of sp³-hybridized carbons (Fsp3) is 0.467. The van der Waals surface area contributed by atoms with Crippen LogP contribution in [0.4, 0.5) is 10.5 Å². The Balaban J connectivity index is 2.91. The average Bonchev–Trinajstić information content (AvgIpc) is 2.38. The second-order valence-corrected chi connectivity index (χ2v) is 6.11. The zero-order valence-electron chi connectivity index (χ0n) is 13.0. The number of nitrogens with one attached hydrogen (secondary N) is 1. The number of carbonyl (C=O) groups is 2. The molecule has 0 fully saturated rings. The highest BCUT2D eigenvalue weighted by Gasteiger charge is 2.20. The number of hydrogen-bond donors (Lipinski definition) is 2. The van der Waals surface area contributed by atoms with Crippen LogP contribution >= 0.6 is 11.6 Å². The summed E-state index contributed by atoms with van der Waals surface area (Å²) in [5.41, 5.74) is 0.264. The molecular formula is C15H20ClNO5. The summed E-state index contributed by atoms with van der Waals surface area (Å²) in [7, 11) is 1.18. The molecule has 1 aromatic rings. The van der Waals surface area contributed by atoms with Crippen molar-refractivity contribution in [3.05, 3.63) is 28.8 Å². The van der Waals surface area contributed by atoms with E-state index in [1.54, 1.807) is 39.0 Å². The summed E-state index contributed by atoms with van der Waals surface area (Å²) in [6.45, 7) is 5.24. The average molecular weight is 330 g/mol. The third kappa shape index (κ3) is 5.91. The number of anilines is 1. The van der Waals surface area contributed by atoms with Gasteiger partial charge in [-0.25, -0.2) is 9.59 Å². The molecule has 0 spiro atoms. The van der Waals surface area contributed by atoms with Gasteiger partial charge >= 0.3 is 12.1 Å². The number of benzene rings is 1. The van der Waals surface area contributed by atoms with Gasteiger partial charge in [-0.15, -0.1) is 0 Å². The number of rotatable bonds is 4. The standard InChI is InChI=1S/C15H20ClNO5/c1-15(2,3)22-14(20)17-11-6-5-10(16)7-9(11)8-12(18)13(19)21-4/h5-7,12,18H,8H2,1-4H3,(H,17,20). The molecule has 0 heterocycles. The number of aliphatic hydroxyl groups excluding tert-OH is 1. The second kappa shape index (κ2) is 7.47. The molecule has 0 aliphatic carbocycles. The van der Waals surface area contributed by atoms with E-state index in [1.165, 1.54) is 7.11 Å². The van der Waals surface area contributed by atoms with Crippen molar-refractivity contribution in [1.82, 2.24) is 0 Å².